The van der Waals surface area contributed by atoms with Gasteiger partial charge < -0.3 is 5.73 Å². The van der Waals surface area contributed by atoms with Gasteiger partial charge in [0.15, 0.2) is 0 Å². The maximum Gasteiger partial charge on any atom is 0.276 e. The molecule has 0 unspecified atom stereocenters. The minimum Gasteiger partial charge on any atom is -0.384 e. The van der Waals surface area contributed by atoms with E-state index in [-0.39, 0.29) is 36.9 Å². The van der Waals surface area contributed by atoms with Crippen LogP contribution >= 0.6 is 0 Å². The van der Waals surface area contributed by atoms with Crippen LogP contribution in [-0.4, -0.2) is 56.6 Å². The van der Waals surface area contributed by atoms with Crippen molar-refractivity contribution in [3.8, 4) is 0 Å². The van der Waals surface area contributed by atoms with Crippen molar-refractivity contribution < 1.29 is 16.8 Å². The van der Waals surface area contributed by atoms with E-state index in [1.807, 2.05) is 0 Å². The summed E-state index contributed by atoms with van der Waals surface area (Å²) in [4.78, 5) is 3.76. The minimum absolute atomic E-state index is 0.0238. The van der Waals surface area contributed by atoms with Crippen LogP contribution in [0.2, 0.25) is 0 Å². The number of piperazine rings is 1. The lowest BCUT2D eigenvalue weighted by molar-refractivity contribution is 0.273. The van der Waals surface area contributed by atoms with Crippen molar-refractivity contribution in [2.45, 2.75) is 4.90 Å². The third-order valence-electron chi connectivity index (χ3n) is 2.95. The van der Waals surface area contributed by atoms with Crippen LogP contribution in [0.1, 0.15) is 0 Å². The molecule has 1 aliphatic rings. The summed E-state index contributed by atoms with van der Waals surface area (Å²) in [5, 5.41) is 5.00. The number of aromatic nitrogens is 1. The van der Waals surface area contributed by atoms with Crippen molar-refractivity contribution >= 4 is 26.1 Å². The third kappa shape index (κ3) is 3.07. The molecule has 0 saturated carbocycles. The Morgan fingerprint density at radius 1 is 1.00 bits per heavy atom. The van der Waals surface area contributed by atoms with E-state index in [1.54, 1.807) is 0 Å². The second kappa shape index (κ2) is 5.26. The third-order valence-corrected chi connectivity index (χ3v) is 5.92. The molecule has 0 spiro atoms. The largest absolute Gasteiger partial charge is 0.384 e. The number of nitrogens with zero attached hydrogens (tertiary/aromatic N) is 3. The van der Waals surface area contributed by atoms with Gasteiger partial charge in [0, 0.05) is 32.4 Å². The fourth-order valence-electron chi connectivity index (χ4n) is 1.86. The van der Waals surface area contributed by atoms with Crippen molar-refractivity contribution in [2.24, 2.45) is 5.14 Å². The number of rotatable bonds is 3. The number of nitrogen functional groups attached to an aromatic ring is 1. The molecular formula is C9H15N5O4S2. The molecule has 0 aromatic carbocycles. The van der Waals surface area contributed by atoms with Gasteiger partial charge >= 0.3 is 0 Å². The number of nitrogens with two attached hydrogens (primary N) is 2. The van der Waals surface area contributed by atoms with Crippen LogP contribution in [0.4, 0.5) is 5.82 Å². The Kier molecular flexibility index (Phi) is 3.97. The Balaban J connectivity index is 2.15. The first-order valence-electron chi connectivity index (χ1n) is 5.71. The Morgan fingerprint density at radius 3 is 2.00 bits per heavy atom. The van der Waals surface area contributed by atoms with Gasteiger partial charge in [-0.25, -0.2) is 18.5 Å². The van der Waals surface area contributed by atoms with E-state index in [2.05, 4.69) is 4.98 Å². The zero-order chi connectivity index (χ0) is 15.0. The number of anilines is 1. The minimum atomic E-state index is -3.78. The molecule has 1 aromatic heterocycles. The van der Waals surface area contributed by atoms with Gasteiger partial charge in [-0.1, -0.05) is 0 Å². The monoisotopic (exact) mass is 321 g/mol. The average molecular weight is 321 g/mol. The van der Waals surface area contributed by atoms with E-state index in [9.17, 15) is 16.8 Å². The first kappa shape index (κ1) is 15.1. The molecule has 1 aliphatic heterocycles. The van der Waals surface area contributed by atoms with Gasteiger partial charge in [-0.3, -0.25) is 0 Å². The molecule has 0 radical (unpaired) electrons. The maximum atomic E-state index is 12.3. The van der Waals surface area contributed by atoms with E-state index in [4.69, 9.17) is 10.9 Å². The lowest BCUT2D eigenvalue weighted by atomic mass is 10.4. The van der Waals surface area contributed by atoms with Gasteiger partial charge in [0.2, 0.25) is 10.0 Å². The molecular weight excluding hydrogens is 306 g/mol. The summed E-state index contributed by atoms with van der Waals surface area (Å²) in [7, 11) is -7.48. The Hall–Kier alpha value is -1.27. The molecule has 0 atom stereocenters. The molecule has 0 aliphatic carbocycles. The van der Waals surface area contributed by atoms with E-state index in [0.717, 1.165) is 4.31 Å². The zero-order valence-corrected chi connectivity index (χ0v) is 12.1. The second-order valence-corrected chi connectivity index (χ2v) is 7.75. The summed E-state index contributed by atoms with van der Waals surface area (Å²) in [5.74, 6) is 0.225. The highest BCUT2D eigenvalue weighted by atomic mass is 32.2. The molecule has 20 heavy (non-hydrogen) atoms. The highest BCUT2D eigenvalue weighted by molar-refractivity contribution is 7.89. The van der Waals surface area contributed by atoms with Gasteiger partial charge in [0.25, 0.3) is 10.2 Å². The first-order chi connectivity index (χ1) is 9.21. The van der Waals surface area contributed by atoms with E-state index >= 15 is 0 Å². The molecule has 0 amide bonds. The van der Waals surface area contributed by atoms with Crippen LogP contribution in [0.15, 0.2) is 23.2 Å². The predicted octanol–water partition coefficient (Wildman–Crippen LogP) is -1.83. The van der Waals surface area contributed by atoms with Gasteiger partial charge in [0.05, 0.1) is 0 Å². The fourth-order valence-corrected chi connectivity index (χ4v) is 3.90. The van der Waals surface area contributed by atoms with Gasteiger partial charge in [-0.15, -0.1) is 0 Å². The molecule has 2 rings (SSSR count). The van der Waals surface area contributed by atoms with Crippen molar-refractivity contribution in [3.63, 3.8) is 0 Å². The molecule has 2 heterocycles. The van der Waals surface area contributed by atoms with Gasteiger partial charge in [-0.2, -0.15) is 17.0 Å². The van der Waals surface area contributed by atoms with Crippen LogP contribution in [0.5, 0.6) is 0 Å². The summed E-state index contributed by atoms with van der Waals surface area (Å²) >= 11 is 0. The summed E-state index contributed by atoms with van der Waals surface area (Å²) in [6, 6.07) is 2.76. The van der Waals surface area contributed by atoms with Gasteiger partial charge in [-0.05, 0) is 12.1 Å². The molecule has 0 bridgehead atoms. The van der Waals surface area contributed by atoms with E-state index < -0.39 is 20.2 Å². The number of hydrogen-bond acceptors (Lipinski definition) is 6. The van der Waals surface area contributed by atoms with Crippen LogP contribution in [0.25, 0.3) is 0 Å². The van der Waals surface area contributed by atoms with E-state index in [1.165, 1.54) is 22.6 Å². The maximum absolute atomic E-state index is 12.3. The molecule has 9 nitrogen and oxygen atoms in total. The summed E-state index contributed by atoms with van der Waals surface area (Å²) in [5.41, 5.74) is 5.41. The lowest BCUT2D eigenvalue weighted by Gasteiger charge is -2.32. The molecule has 1 fully saturated rings. The standard InChI is InChI=1S/C9H15N5O4S2/c10-9-2-1-8(7-12-9)19(15,16)13-3-5-14(6-4-13)20(11,17)18/h1-2,7H,3-6H2,(H2,10,12)(H2,11,17,18). The number of hydrogen-bond donors (Lipinski definition) is 2. The van der Waals surface area contributed by atoms with Crippen molar-refractivity contribution in [1.82, 2.24) is 13.6 Å². The summed E-state index contributed by atoms with van der Waals surface area (Å²) < 4.78 is 49.2. The van der Waals surface area contributed by atoms with Crippen molar-refractivity contribution in [1.29, 1.82) is 0 Å². The van der Waals surface area contributed by atoms with Crippen LogP contribution in [-0.2, 0) is 20.2 Å². The number of sulfonamides is 1. The lowest BCUT2D eigenvalue weighted by Crippen LogP contribution is -2.52. The highest BCUT2D eigenvalue weighted by Crippen LogP contribution is 2.17. The SMILES string of the molecule is Nc1ccc(S(=O)(=O)N2CCN(S(N)(=O)=O)CC2)cn1. The smallest absolute Gasteiger partial charge is 0.276 e. The van der Waals surface area contributed by atoms with Crippen molar-refractivity contribution in [2.75, 3.05) is 31.9 Å². The Morgan fingerprint density at radius 2 is 1.55 bits per heavy atom. The normalized spacial score (nSPS) is 19.1. The Bertz CT molecular complexity index is 678. The summed E-state index contributed by atoms with van der Waals surface area (Å²) in [6.45, 7) is 0.146. The fraction of sp³-hybridized carbons (Fsp3) is 0.444. The highest BCUT2D eigenvalue weighted by Gasteiger charge is 2.31. The zero-order valence-electron chi connectivity index (χ0n) is 10.5. The molecule has 1 aromatic rings. The second-order valence-electron chi connectivity index (χ2n) is 4.27. The topological polar surface area (TPSA) is 140 Å². The first-order valence-corrected chi connectivity index (χ1v) is 8.65. The predicted molar refractivity (Wildman–Crippen MR) is 72.1 cm³/mol. The average Bonchev–Trinajstić information content (AvgIpc) is 2.38. The van der Waals surface area contributed by atoms with Crippen LogP contribution < -0.4 is 10.9 Å². The molecule has 1 saturated heterocycles. The van der Waals surface area contributed by atoms with Crippen LogP contribution in [0.3, 0.4) is 0 Å². The van der Waals surface area contributed by atoms with Crippen LogP contribution in [0, 0.1) is 0 Å². The van der Waals surface area contributed by atoms with Crippen molar-refractivity contribution in [3.05, 3.63) is 18.3 Å². The van der Waals surface area contributed by atoms with Gasteiger partial charge in [0.1, 0.15) is 10.7 Å². The number of pyridine rings is 1. The Labute approximate surface area is 117 Å². The van der Waals surface area contributed by atoms with E-state index in [0.29, 0.717) is 0 Å². The molecule has 4 N–H and O–H groups in total. The molecule has 112 valence electrons. The quantitative estimate of drug-likeness (QED) is 0.671. The molecule has 11 heteroatoms. The summed E-state index contributed by atoms with van der Waals surface area (Å²) in [6.07, 6.45) is 1.18.